The van der Waals surface area contributed by atoms with E-state index in [0.29, 0.717) is 44.8 Å². The molecular weight excluding hydrogens is 477 g/mol. The van der Waals surface area contributed by atoms with Crippen LogP contribution < -0.4 is 5.32 Å². The predicted molar refractivity (Wildman–Crippen MR) is 120 cm³/mol. The van der Waals surface area contributed by atoms with Crippen molar-refractivity contribution in [3.63, 3.8) is 0 Å². The van der Waals surface area contributed by atoms with Crippen molar-refractivity contribution in [3.05, 3.63) is 65.9 Å². The van der Waals surface area contributed by atoms with Crippen molar-refractivity contribution in [2.45, 2.75) is 32.0 Å². The molecule has 13 heteroatoms. The summed E-state index contributed by atoms with van der Waals surface area (Å²) in [6, 6.07) is 8.62. The van der Waals surface area contributed by atoms with E-state index in [-0.39, 0.29) is 17.5 Å². The lowest BCUT2D eigenvalue weighted by atomic mass is 10.1. The molecular formula is C23H17F3N8O2. The number of pyridine rings is 1. The summed E-state index contributed by atoms with van der Waals surface area (Å²) in [5.41, 5.74) is 3.55. The number of hydrogen-bond donors (Lipinski definition) is 1. The topological polar surface area (TPSA) is 116 Å². The number of amides is 1. The third-order valence-corrected chi connectivity index (χ3v) is 5.98. The molecule has 1 aliphatic carbocycles. The van der Waals surface area contributed by atoms with E-state index in [9.17, 15) is 18.0 Å². The van der Waals surface area contributed by atoms with Gasteiger partial charge in [0, 0.05) is 23.0 Å². The average Bonchev–Trinajstić information content (AvgIpc) is 3.32. The van der Waals surface area contributed by atoms with Gasteiger partial charge >= 0.3 is 6.55 Å². The van der Waals surface area contributed by atoms with Gasteiger partial charge in [0.05, 0.1) is 29.4 Å². The maximum Gasteiger partial charge on any atom is 0.334 e. The highest BCUT2D eigenvalue weighted by Crippen LogP contribution is 2.43. The van der Waals surface area contributed by atoms with Crippen molar-refractivity contribution >= 4 is 17.1 Å². The number of carbonyl (C=O) groups excluding carboxylic acids is 1. The third kappa shape index (κ3) is 3.87. The van der Waals surface area contributed by atoms with Crippen LogP contribution in [0.4, 0.5) is 18.9 Å². The highest BCUT2D eigenvalue weighted by molar-refractivity contribution is 6.09. The van der Waals surface area contributed by atoms with E-state index in [1.807, 2.05) is 13.0 Å². The third-order valence-electron chi connectivity index (χ3n) is 5.98. The maximum atomic E-state index is 13.3. The van der Waals surface area contributed by atoms with Gasteiger partial charge in [-0.3, -0.25) is 4.79 Å². The van der Waals surface area contributed by atoms with Crippen LogP contribution in [0.5, 0.6) is 0 Å². The Morgan fingerprint density at radius 3 is 2.75 bits per heavy atom. The Kier molecular flexibility index (Phi) is 5.05. The number of halogens is 3. The van der Waals surface area contributed by atoms with Crippen LogP contribution in [0.25, 0.3) is 28.2 Å². The van der Waals surface area contributed by atoms with E-state index in [1.54, 1.807) is 30.5 Å². The fourth-order valence-corrected chi connectivity index (χ4v) is 3.82. The molecule has 1 amide bonds. The van der Waals surface area contributed by atoms with E-state index >= 15 is 0 Å². The number of fused-ring (bicyclic) bond motifs is 1. The Hall–Kier alpha value is -4.55. The minimum absolute atomic E-state index is 0.250. The SMILES string of the molecule is Cc1ccc(-c2noc([C@H]3C[C@@H]3F)n2)cc1NC(=O)c1cnn2cc(-c3cn(C(F)F)nn3)ccc12. The van der Waals surface area contributed by atoms with Gasteiger partial charge in [-0.2, -0.15) is 23.5 Å². The summed E-state index contributed by atoms with van der Waals surface area (Å²) in [6.45, 7) is -0.951. The van der Waals surface area contributed by atoms with E-state index in [0.717, 1.165) is 11.8 Å². The monoisotopic (exact) mass is 494 g/mol. The molecule has 1 fully saturated rings. The molecule has 36 heavy (non-hydrogen) atoms. The summed E-state index contributed by atoms with van der Waals surface area (Å²) in [5, 5.41) is 18.2. The first-order valence-electron chi connectivity index (χ1n) is 10.9. The summed E-state index contributed by atoms with van der Waals surface area (Å²) in [4.78, 5) is 17.4. The highest BCUT2D eigenvalue weighted by atomic mass is 19.3. The van der Waals surface area contributed by atoms with E-state index in [2.05, 4.69) is 30.9 Å². The van der Waals surface area contributed by atoms with Crippen LogP contribution in [-0.2, 0) is 0 Å². The molecule has 1 N–H and O–H groups in total. The van der Waals surface area contributed by atoms with Crippen molar-refractivity contribution in [1.29, 1.82) is 0 Å². The van der Waals surface area contributed by atoms with Crippen LogP contribution in [0.15, 0.2) is 53.4 Å². The van der Waals surface area contributed by atoms with E-state index < -0.39 is 18.6 Å². The first-order valence-corrected chi connectivity index (χ1v) is 10.9. The molecule has 0 radical (unpaired) electrons. The molecule has 1 saturated carbocycles. The Labute approximate surface area is 200 Å². The minimum Gasteiger partial charge on any atom is -0.339 e. The number of rotatable bonds is 6. The molecule has 0 bridgehead atoms. The molecule has 0 spiro atoms. The lowest BCUT2D eigenvalue weighted by Crippen LogP contribution is -2.12. The number of anilines is 1. The molecule has 4 aromatic heterocycles. The van der Waals surface area contributed by atoms with Gasteiger partial charge in [0.15, 0.2) is 0 Å². The number of carbonyl (C=O) groups is 1. The van der Waals surface area contributed by atoms with Crippen molar-refractivity contribution in [3.8, 4) is 22.6 Å². The van der Waals surface area contributed by atoms with Crippen LogP contribution in [-0.4, -0.2) is 46.8 Å². The van der Waals surface area contributed by atoms with E-state index in [4.69, 9.17) is 4.52 Å². The normalized spacial score (nSPS) is 17.1. The summed E-state index contributed by atoms with van der Waals surface area (Å²) < 4.78 is 46.0. The van der Waals surface area contributed by atoms with Crippen LogP contribution in [0.2, 0.25) is 0 Å². The first-order chi connectivity index (χ1) is 17.4. The fourth-order valence-electron chi connectivity index (χ4n) is 3.82. The molecule has 0 saturated heterocycles. The predicted octanol–water partition coefficient (Wildman–Crippen LogP) is 4.42. The van der Waals surface area contributed by atoms with Crippen molar-refractivity contribution < 1.29 is 22.5 Å². The molecule has 10 nitrogen and oxygen atoms in total. The summed E-state index contributed by atoms with van der Waals surface area (Å²) in [5.74, 6) is -0.157. The van der Waals surface area contributed by atoms with Gasteiger partial charge in [-0.25, -0.2) is 8.91 Å². The van der Waals surface area contributed by atoms with Gasteiger partial charge < -0.3 is 9.84 Å². The van der Waals surface area contributed by atoms with Gasteiger partial charge in [-0.15, -0.1) is 5.10 Å². The largest absolute Gasteiger partial charge is 0.339 e. The molecule has 1 aromatic carbocycles. The molecule has 0 unspecified atom stereocenters. The summed E-state index contributed by atoms with van der Waals surface area (Å²) in [6.07, 6.45) is 3.56. The van der Waals surface area contributed by atoms with Gasteiger partial charge in [0.2, 0.25) is 11.7 Å². The zero-order chi connectivity index (χ0) is 25.0. The number of benzene rings is 1. The second-order valence-corrected chi connectivity index (χ2v) is 8.47. The standard InChI is InChI=1S/C23H17F3N8O2/c1-11-2-3-12(20-29-22(36-31-20)14-7-16(14)24)6-17(11)28-21(35)15-8-27-33-9-13(4-5-19(15)33)18-10-34(23(25)26)32-30-18/h2-6,8-10,14,16,23H,7H2,1H3,(H,28,35)/t14-,16-/m0/s1. The van der Waals surface area contributed by atoms with Crippen molar-refractivity contribution in [1.82, 2.24) is 34.7 Å². The fraction of sp³-hybridized carbons (Fsp3) is 0.217. The maximum absolute atomic E-state index is 13.3. The molecule has 6 rings (SSSR count). The lowest BCUT2D eigenvalue weighted by molar-refractivity contribution is 0.0546. The van der Waals surface area contributed by atoms with Crippen LogP contribution >= 0.6 is 0 Å². The van der Waals surface area contributed by atoms with E-state index in [1.165, 1.54) is 10.7 Å². The van der Waals surface area contributed by atoms with Crippen LogP contribution in [0.1, 0.15) is 40.7 Å². The summed E-state index contributed by atoms with van der Waals surface area (Å²) >= 11 is 0. The Balaban J connectivity index is 1.24. The Morgan fingerprint density at radius 2 is 2.00 bits per heavy atom. The van der Waals surface area contributed by atoms with Crippen LogP contribution in [0.3, 0.4) is 0 Å². The number of aromatic nitrogens is 7. The lowest BCUT2D eigenvalue weighted by Gasteiger charge is -2.09. The minimum atomic E-state index is -2.79. The molecule has 0 aliphatic heterocycles. The Morgan fingerprint density at radius 1 is 1.19 bits per heavy atom. The quantitative estimate of drug-likeness (QED) is 0.371. The Bertz CT molecular complexity index is 1610. The van der Waals surface area contributed by atoms with Gasteiger partial charge in [-0.1, -0.05) is 22.5 Å². The second kappa shape index (κ2) is 8.29. The number of alkyl halides is 3. The molecule has 5 aromatic rings. The van der Waals surface area contributed by atoms with Gasteiger partial charge in [0.1, 0.15) is 11.9 Å². The first kappa shape index (κ1) is 21.9. The van der Waals surface area contributed by atoms with Crippen LogP contribution in [0, 0.1) is 6.92 Å². The zero-order valence-electron chi connectivity index (χ0n) is 18.6. The van der Waals surface area contributed by atoms with Gasteiger partial charge in [-0.05, 0) is 37.1 Å². The van der Waals surface area contributed by atoms with Gasteiger partial charge in [0.25, 0.3) is 5.91 Å². The van der Waals surface area contributed by atoms with Crippen molar-refractivity contribution in [2.24, 2.45) is 0 Å². The number of nitrogens with zero attached hydrogens (tertiary/aromatic N) is 7. The zero-order valence-corrected chi connectivity index (χ0v) is 18.6. The highest BCUT2D eigenvalue weighted by Gasteiger charge is 2.43. The number of nitrogens with one attached hydrogen (secondary N) is 1. The molecule has 1 aliphatic rings. The average molecular weight is 494 g/mol. The second-order valence-electron chi connectivity index (χ2n) is 8.47. The molecule has 2 atom stereocenters. The molecule has 4 heterocycles. The summed E-state index contributed by atoms with van der Waals surface area (Å²) in [7, 11) is 0. The van der Waals surface area contributed by atoms with Crippen molar-refractivity contribution in [2.75, 3.05) is 5.32 Å². The molecule has 182 valence electrons. The number of hydrogen-bond acceptors (Lipinski definition) is 7. The number of aryl methyl sites for hydroxylation is 1. The smallest absolute Gasteiger partial charge is 0.334 e.